The van der Waals surface area contributed by atoms with E-state index in [9.17, 15) is 15.2 Å². The molecule has 1 heterocycles. The highest BCUT2D eigenvalue weighted by molar-refractivity contribution is 5.87. The number of nitro groups is 1. The monoisotopic (exact) mass is 325 g/mol. The summed E-state index contributed by atoms with van der Waals surface area (Å²) < 4.78 is 0. The van der Waals surface area contributed by atoms with Crippen LogP contribution in [0.4, 0.5) is 5.69 Å². The van der Waals surface area contributed by atoms with Crippen LogP contribution >= 0.6 is 0 Å². The zero-order chi connectivity index (χ0) is 17.4. The molecule has 0 aliphatic heterocycles. The summed E-state index contributed by atoms with van der Waals surface area (Å²) in [6.07, 6.45) is 1.90. The van der Waals surface area contributed by atoms with Gasteiger partial charge in [0.2, 0.25) is 0 Å². The lowest BCUT2D eigenvalue weighted by molar-refractivity contribution is -0.386. The lowest BCUT2D eigenvalue weighted by Gasteiger charge is -2.25. The van der Waals surface area contributed by atoms with E-state index in [2.05, 4.69) is 4.98 Å². The number of benzene rings is 2. The fraction of sp³-hybridized carbons (Fsp3) is 0.222. The van der Waals surface area contributed by atoms with Crippen molar-refractivity contribution in [3.63, 3.8) is 0 Å². The Morgan fingerprint density at radius 3 is 2.54 bits per heavy atom. The average Bonchev–Trinajstić information content (AvgIpc) is 2.94. The van der Waals surface area contributed by atoms with Crippen LogP contribution in [0.25, 0.3) is 10.9 Å². The molecule has 0 radical (unpaired) electrons. The molecule has 3 rings (SSSR count). The molecule has 1 aromatic heterocycles. The molecule has 0 saturated carbocycles. The molecule has 0 saturated heterocycles. The van der Waals surface area contributed by atoms with Crippen molar-refractivity contribution >= 4 is 16.6 Å². The Balaban J connectivity index is 2.23. The van der Waals surface area contributed by atoms with E-state index in [1.165, 1.54) is 6.07 Å². The third-order valence-electron chi connectivity index (χ3n) is 4.30. The Labute approximate surface area is 139 Å². The molecule has 0 spiro atoms. The molecule has 24 heavy (non-hydrogen) atoms. The van der Waals surface area contributed by atoms with Gasteiger partial charge in [0.15, 0.2) is 5.75 Å². The maximum absolute atomic E-state index is 11.1. The molecular formula is C18H19N3O3. The van der Waals surface area contributed by atoms with Gasteiger partial charge in [-0.25, -0.2) is 0 Å². The number of aromatic nitrogens is 1. The number of hydrogen-bond acceptors (Lipinski definition) is 4. The number of aromatic amines is 1. The van der Waals surface area contributed by atoms with Crippen molar-refractivity contribution in [3.8, 4) is 5.75 Å². The maximum Gasteiger partial charge on any atom is 0.311 e. The zero-order valence-electron chi connectivity index (χ0n) is 13.8. The third kappa shape index (κ3) is 2.51. The molecule has 6 nitrogen and oxygen atoms in total. The molecule has 0 aliphatic rings. The SMILES string of the molecule is Cc1cccc2c(C(c3cccc([N+](=O)[O-])c3O)N(C)C)c[nH]c12. The van der Waals surface area contributed by atoms with Crippen molar-refractivity contribution in [1.82, 2.24) is 9.88 Å². The van der Waals surface area contributed by atoms with Gasteiger partial charge in [0.25, 0.3) is 0 Å². The first-order chi connectivity index (χ1) is 11.4. The summed E-state index contributed by atoms with van der Waals surface area (Å²) in [5, 5.41) is 22.6. The van der Waals surface area contributed by atoms with E-state index < -0.39 is 4.92 Å². The highest BCUT2D eigenvalue weighted by Gasteiger charge is 2.27. The number of nitro benzene ring substituents is 1. The van der Waals surface area contributed by atoms with Crippen LogP contribution in [0.15, 0.2) is 42.6 Å². The average molecular weight is 325 g/mol. The molecule has 124 valence electrons. The Morgan fingerprint density at radius 1 is 1.17 bits per heavy atom. The highest BCUT2D eigenvalue weighted by atomic mass is 16.6. The predicted molar refractivity (Wildman–Crippen MR) is 93.3 cm³/mol. The summed E-state index contributed by atoms with van der Waals surface area (Å²) in [6.45, 7) is 2.03. The molecular weight excluding hydrogens is 306 g/mol. The fourth-order valence-electron chi connectivity index (χ4n) is 3.19. The van der Waals surface area contributed by atoms with Crippen LogP contribution in [0.3, 0.4) is 0 Å². The number of phenols is 1. The number of nitrogens with zero attached hydrogens (tertiary/aromatic N) is 2. The largest absolute Gasteiger partial charge is 0.502 e. The molecule has 0 aliphatic carbocycles. The van der Waals surface area contributed by atoms with Crippen molar-refractivity contribution in [2.24, 2.45) is 0 Å². The number of hydrogen-bond donors (Lipinski definition) is 2. The van der Waals surface area contributed by atoms with Crippen molar-refractivity contribution < 1.29 is 10.0 Å². The minimum absolute atomic E-state index is 0.282. The Hall–Kier alpha value is -2.86. The first-order valence-corrected chi connectivity index (χ1v) is 7.61. The van der Waals surface area contributed by atoms with Gasteiger partial charge in [0.1, 0.15) is 0 Å². The molecule has 1 atom stereocenters. The van der Waals surface area contributed by atoms with Crippen LogP contribution in [-0.4, -0.2) is 34.0 Å². The second-order valence-electron chi connectivity index (χ2n) is 6.08. The number of fused-ring (bicyclic) bond motifs is 1. The van der Waals surface area contributed by atoms with Crippen LogP contribution in [-0.2, 0) is 0 Å². The van der Waals surface area contributed by atoms with E-state index in [0.29, 0.717) is 5.56 Å². The van der Waals surface area contributed by atoms with E-state index in [1.54, 1.807) is 12.1 Å². The number of aryl methyl sites for hydroxylation is 1. The second-order valence-corrected chi connectivity index (χ2v) is 6.08. The molecule has 0 amide bonds. The van der Waals surface area contributed by atoms with E-state index in [0.717, 1.165) is 22.0 Å². The molecule has 6 heteroatoms. The van der Waals surface area contributed by atoms with Gasteiger partial charge in [-0.1, -0.05) is 30.3 Å². The summed E-state index contributed by atoms with van der Waals surface area (Å²) in [4.78, 5) is 15.8. The van der Waals surface area contributed by atoms with Crippen LogP contribution in [0.1, 0.15) is 22.7 Å². The van der Waals surface area contributed by atoms with Gasteiger partial charge in [0, 0.05) is 28.7 Å². The molecule has 2 aromatic carbocycles. The quantitative estimate of drug-likeness (QED) is 0.565. The summed E-state index contributed by atoms with van der Waals surface area (Å²) in [5.74, 6) is -0.289. The second kappa shape index (κ2) is 5.98. The van der Waals surface area contributed by atoms with Gasteiger partial charge in [0.05, 0.1) is 11.0 Å². The maximum atomic E-state index is 11.1. The van der Waals surface area contributed by atoms with Gasteiger partial charge in [-0.3, -0.25) is 15.0 Å². The van der Waals surface area contributed by atoms with Crippen molar-refractivity contribution in [3.05, 3.63) is 69.4 Å². The molecule has 2 N–H and O–H groups in total. The van der Waals surface area contributed by atoms with Crippen LogP contribution in [0.5, 0.6) is 5.75 Å². The van der Waals surface area contributed by atoms with E-state index in [-0.39, 0.29) is 17.5 Å². The van der Waals surface area contributed by atoms with Crippen molar-refractivity contribution in [2.45, 2.75) is 13.0 Å². The third-order valence-corrected chi connectivity index (χ3v) is 4.30. The number of phenolic OH excluding ortho intramolecular Hbond substituents is 1. The standard InChI is InChI=1S/C18H19N3O3/c1-11-6-4-7-12-14(10-19-16(11)12)17(20(2)3)13-8-5-9-15(18(13)22)21(23)24/h4-10,17,19,22H,1-3H3. The van der Waals surface area contributed by atoms with Crippen LogP contribution in [0, 0.1) is 17.0 Å². The van der Waals surface area contributed by atoms with E-state index in [1.807, 2.05) is 50.3 Å². The summed E-state index contributed by atoms with van der Waals surface area (Å²) in [7, 11) is 3.77. The molecule has 0 fully saturated rings. The summed E-state index contributed by atoms with van der Waals surface area (Å²) >= 11 is 0. The lowest BCUT2D eigenvalue weighted by Crippen LogP contribution is -2.21. The van der Waals surface area contributed by atoms with E-state index in [4.69, 9.17) is 0 Å². The normalized spacial score (nSPS) is 12.7. The van der Waals surface area contributed by atoms with E-state index >= 15 is 0 Å². The number of para-hydroxylation sites is 2. The van der Waals surface area contributed by atoms with Gasteiger partial charge in [-0.2, -0.15) is 0 Å². The van der Waals surface area contributed by atoms with Gasteiger partial charge in [-0.05, 0) is 32.1 Å². The number of rotatable bonds is 4. The Bertz CT molecular complexity index is 915. The number of H-pyrrole nitrogens is 1. The van der Waals surface area contributed by atoms with Crippen LogP contribution in [0.2, 0.25) is 0 Å². The fourth-order valence-corrected chi connectivity index (χ4v) is 3.19. The molecule has 3 aromatic rings. The first-order valence-electron chi connectivity index (χ1n) is 7.61. The smallest absolute Gasteiger partial charge is 0.311 e. The predicted octanol–water partition coefficient (Wildman–Crippen LogP) is 3.74. The molecule has 0 bridgehead atoms. The number of aromatic hydroxyl groups is 1. The van der Waals surface area contributed by atoms with Gasteiger partial charge >= 0.3 is 5.69 Å². The van der Waals surface area contributed by atoms with Gasteiger partial charge < -0.3 is 10.1 Å². The zero-order valence-corrected chi connectivity index (χ0v) is 13.8. The van der Waals surface area contributed by atoms with Crippen LogP contribution < -0.4 is 0 Å². The topological polar surface area (TPSA) is 82.4 Å². The minimum Gasteiger partial charge on any atom is -0.502 e. The van der Waals surface area contributed by atoms with Crippen molar-refractivity contribution in [1.29, 1.82) is 0 Å². The van der Waals surface area contributed by atoms with Gasteiger partial charge in [-0.15, -0.1) is 0 Å². The molecule has 1 unspecified atom stereocenters. The highest BCUT2D eigenvalue weighted by Crippen LogP contribution is 2.40. The minimum atomic E-state index is -0.565. The van der Waals surface area contributed by atoms with Crippen molar-refractivity contribution in [2.75, 3.05) is 14.1 Å². The lowest BCUT2D eigenvalue weighted by atomic mass is 9.95. The first kappa shape index (κ1) is 16.0. The summed E-state index contributed by atoms with van der Waals surface area (Å²) in [6, 6.07) is 10.4. The summed E-state index contributed by atoms with van der Waals surface area (Å²) in [5.41, 5.74) is 3.35. The Kier molecular flexibility index (Phi) is 3.99. The number of nitrogens with one attached hydrogen (secondary N) is 1. The Morgan fingerprint density at radius 2 is 1.88 bits per heavy atom.